The van der Waals surface area contributed by atoms with E-state index in [9.17, 15) is 9.59 Å². The van der Waals surface area contributed by atoms with Crippen molar-refractivity contribution < 1.29 is 28.5 Å². The molecule has 0 spiro atoms. The molecule has 3 aromatic carbocycles. The Hall–Kier alpha value is -3.72. The number of hydrazine groups is 1. The molecular weight excluding hydrogens is 504 g/mol. The van der Waals surface area contributed by atoms with Gasteiger partial charge in [0.1, 0.15) is 5.75 Å². The van der Waals surface area contributed by atoms with Crippen LogP contribution in [0.25, 0.3) is 0 Å². The van der Waals surface area contributed by atoms with Gasteiger partial charge in [-0.25, -0.2) is 0 Å². The molecule has 0 fully saturated rings. The summed E-state index contributed by atoms with van der Waals surface area (Å²) in [6.07, 6.45) is 0.690. The summed E-state index contributed by atoms with van der Waals surface area (Å²) in [6.45, 7) is 0.393. The Bertz CT molecular complexity index is 1130. The first-order chi connectivity index (χ1) is 16.5. The number of ether oxygens (including phenoxy) is 4. The van der Waals surface area contributed by atoms with Crippen molar-refractivity contribution in [2.45, 2.75) is 6.42 Å². The Morgan fingerprint density at radius 1 is 0.794 bits per heavy atom. The number of hydrogen-bond donors (Lipinski definition) is 2. The van der Waals surface area contributed by atoms with Gasteiger partial charge in [-0.2, -0.15) is 0 Å². The highest BCUT2D eigenvalue weighted by Gasteiger charge is 2.19. The van der Waals surface area contributed by atoms with E-state index in [1.54, 1.807) is 18.2 Å². The van der Waals surface area contributed by atoms with E-state index in [0.717, 1.165) is 5.56 Å². The van der Waals surface area contributed by atoms with Crippen molar-refractivity contribution in [3.8, 4) is 23.0 Å². The maximum Gasteiger partial charge on any atom is 0.273 e. The minimum atomic E-state index is -0.561. The topological polar surface area (TPSA) is 95.1 Å². The molecule has 2 N–H and O–H groups in total. The zero-order valence-electron chi connectivity index (χ0n) is 19.0. The van der Waals surface area contributed by atoms with Crippen LogP contribution in [-0.2, 0) is 6.42 Å². The van der Waals surface area contributed by atoms with Gasteiger partial charge in [-0.05, 0) is 35.9 Å². The minimum absolute atomic E-state index is 0.211. The van der Waals surface area contributed by atoms with Crippen molar-refractivity contribution in [3.05, 3.63) is 81.8 Å². The quantitative estimate of drug-likeness (QED) is 0.404. The zero-order chi connectivity index (χ0) is 24.5. The van der Waals surface area contributed by atoms with Gasteiger partial charge in [0.25, 0.3) is 11.8 Å². The Morgan fingerprint density at radius 3 is 2.06 bits per heavy atom. The largest absolute Gasteiger partial charge is 0.493 e. The third-order valence-corrected chi connectivity index (χ3v) is 5.39. The molecular formula is C25H25BrN2O6. The van der Waals surface area contributed by atoms with Crippen LogP contribution in [0.5, 0.6) is 23.0 Å². The second kappa shape index (κ2) is 11.9. The molecule has 2 amide bonds. The summed E-state index contributed by atoms with van der Waals surface area (Å²) >= 11 is 3.37. The second-order valence-electron chi connectivity index (χ2n) is 7.05. The first-order valence-electron chi connectivity index (χ1n) is 10.3. The van der Waals surface area contributed by atoms with Gasteiger partial charge in [0.15, 0.2) is 11.5 Å². The van der Waals surface area contributed by atoms with Crippen LogP contribution in [-0.4, -0.2) is 39.8 Å². The van der Waals surface area contributed by atoms with Crippen LogP contribution >= 0.6 is 15.9 Å². The van der Waals surface area contributed by atoms with Crippen molar-refractivity contribution in [1.82, 2.24) is 10.9 Å². The summed E-state index contributed by atoms with van der Waals surface area (Å²) in [7, 11) is 4.37. The lowest BCUT2D eigenvalue weighted by atomic mass is 10.1. The summed E-state index contributed by atoms with van der Waals surface area (Å²) in [6, 6.07) is 18.0. The Balaban J connectivity index is 1.68. The van der Waals surface area contributed by atoms with Crippen molar-refractivity contribution in [2.24, 2.45) is 0 Å². The maximum absolute atomic E-state index is 12.8. The number of methoxy groups -OCH3 is 3. The molecule has 0 heterocycles. The van der Waals surface area contributed by atoms with Crippen LogP contribution in [0.15, 0.2) is 65.1 Å². The smallest absolute Gasteiger partial charge is 0.273 e. The van der Waals surface area contributed by atoms with Crippen molar-refractivity contribution in [1.29, 1.82) is 0 Å². The molecule has 0 bridgehead atoms. The monoisotopic (exact) mass is 528 g/mol. The third-order valence-electron chi connectivity index (χ3n) is 4.89. The normalized spacial score (nSPS) is 10.2. The van der Waals surface area contributed by atoms with E-state index in [1.165, 1.54) is 33.5 Å². The minimum Gasteiger partial charge on any atom is -0.493 e. The van der Waals surface area contributed by atoms with Gasteiger partial charge >= 0.3 is 0 Å². The van der Waals surface area contributed by atoms with Gasteiger partial charge in [-0.1, -0.05) is 46.3 Å². The SMILES string of the molecule is COc1cc(C(=O)NNC(=O)c2cc(Br)ccc2OCCc2ccccc2)cc(OC)c1OC. The van der Waals surface area contributed by atoms with E-state index in [0.29, 0.717) is 40.5 Å². The van der Waals surface area contributed by atoms with E-state index in [-0.39, 0.29) is 11.1 Å². The highest BCUT2D eigenvalue weighted by atomic mass is 79.9. The average molecular weight is 529 g/mol. The molecule has 0 aliphatic rings. The lowest BCUT2D eigenvalue weighted by Crippen LogP contribution is -2.41. The standard InChI is InChI=1S/C25H25BrN2O6/c1-31-21-13-17(14-22(32-2)23(21)33-3)24(29)27-28-25(30)19-15-18(26)9-10-20(19)34-12-11-16-7-5-4-6-8-16/h4-10,13-15H,11-12H2,1-3H3,(H,27,29)(H,28,30). The van der Waals surface area contributed by atoms with E-state index >= 15 is 0 Å². The van der Waals surface area contributed by atoms with Gasteiger partial charge in [0, 0.05) is 16.5 Å². The molecule has 0 radical (unpaired) electrons. The fraction of sp³-hybridized carbons (Fsp3) is 0.200. The summed E-state index contributed by atoms with van der Waals surface area (Å²) in [5.74, 6) is 0.306. The number of rotatable bonds is 9. The van der Waals surface area contributed by atoms with Gasteiger partial charge in [0.2, 0.25) is 5.75 Å². The Labute approximate surface area is 206 Å². The average Bonchev–Trinajstić information content (AvgIpc) is 2.87. The number of carbonyl (C=O) groups excluding carboxylic acids is 2. The maximum atomic E-state index is 12.8. The van der Waals surface area contributed by atoms with Crippen LogP contribution < -0.4 is 29.8 Å². The van der Waals surface area contributed by atoms with Gasteiger partial charge in [-0.15, -0.1) is 0 Å². The fourth-order valence-electron chi connectivity index (χ4n) is 3.19. The van der Waals surface area contributed by atoms with Crippen molar-refractivity contribution >= 4 is 27.7 Å². The Morgan fingerprint density at radius 2 is 1.44 bits per heavy atom. The number of carbonyl (C=O) groups is 2. The molecule has 0 atom stereocenters. The van der Waals surface area contributed by atoms with Crippen LogP contribution in [0, 0.1) is 0 Å². The van der Waals surface area contributed by atoms with E-state index in [4.69, 9.17) is 18.9 Å². The predicted molar refractivity (Wildman–Crippen MR) is 131 cm³/mol. The molecule has 3 rings (SSSR count). The van der Waals surface area contributed by atoms with Crippen LogP contribution in [0.2, 0.25) is 0 Å². The lowest BCUT2D eigenvalue weighted by Gasteiger charge is -2.15. The first-order valence-corrected chi connectivity index (χ1v) is 11.1. The van der Waals surface area contributed by atoms with Crippen LogP contribution in [0.1, 0.15) is 26.3 Å². The van der Waals surface area contributed by atoms with Crippen molar-refractivity contribution in [3.63, 3.8) is 0 Å². The van der Waals surface area contributed by atoms with Crippen LogP contribution in [0.4, 0.5) is 0 Å². The summed E-state index contributed by atoms with van der Waals surface area (Å²) in [5, 5.41) is 0. The molecule has 8 nitrogen and oxygen atoms in total. The van der Waals surface area contributed by atoms with E-state index < -0.39 is 11.8 Å². The molecule has 0 saturated carbocycles. The number of nitrogens with one attached hydrogen (secondary N) is 2. The zero-order valence-corrected chi connectivity index (χ0v) is 20.6. The molecule has 0 unspecified atom stereocenters. The molecule has 34 heavy (non-hydrogen) atoms. The Kier molecular flexibility index (Phi) is 8.75. The van der Waals surface area contributed by atoms with Gasteiger partial charge in [-0.3, -0.25) is 20.4 Å². The summed E-state index contributed by atoms with van der Waals surface area (Å²) in [5.41, 5.74) is 6.44. The van der Waals surface area contributed by atoms with Gasteiger partial charge in [0.05, 0.1) is 33.5 Å². The summed E-state index contributed by atoms with van der Waals surface area (Å²) < 4.78 is 22.4. The molecule has 178 valence electrons. The fourth-order valence-corrected chi connectivity index (χ4v) is 3.56. The number of halogens is 1. The van der Waals surface area contributed by atoms with E-state index in [1.807, 2.05) is 30.3 Å². The molecule has 9 heteroatoms. The highest BCUT2D eigenvalue weighted by Crippen LogP contribution is 2.38. The predicted octanol–water partition coefficient (Wildman–Crippen LogP) is 4.17. The summed E-state index contributed by atoms with van der Waals surface area (Å²) in [4.78, 5) is 25.5. The third kappa shape index (κ3) is 6.20. The molecule has 0 aliphatic heterocycles. The molecule has 0 aromatic heterocycles. The number of amides is 2. The molecule has 0 saturated heterocycles. The van der Waals surface area contributed by atoms with E-state index in [2.05, 4.69) is 26.8 Å². The van der Waals surface area contributed by atoms with Crippen molar-refractivity contribution in [2.75, 3.05) is 27.9 Å². The number of hydrogen-bond acceptors (Lipinski definition) is 6. The number of benzene rings is 3. The van der Waals surface area contributed by atoms with Crippen LogP contribution in [0.3, 0.4) is 0 Å². The highest BCUT2D eigenvalue weighted by molar-refractivity contribution is 9.10. The lowest BCUT2D eigenvalue weighted by molar-refractivity contribution is 0.0844. The van der Waals surface area contributed by atoms with Gasteiger partial charge < -0.3 is 18.9 Å². The first kappa shape index (κ1) is 24.9. The molecule has 0 aliphatic carbocycles. The molecule has 3 aromatic rings. The second-order valence-corrected chi connectivity index (χ2v) is 7.96.